The average Bonchev–Trinajstić information content (AvgIpc) is 2.35. The summed E-state index contributed by atoms with van der Waals surface area (Å²) in [5.74, 6) is 0.708. The van der Waals surface area contributed by atoms with E-state index in [-0.39, 0.29) is 0 Å². The minimum atomic E-state index is 0.296. The summed E-state index contributed by atoms with van der Waals surface area (Å²) < 4.78 is 0.296. The Balaban J connectivity index is 2.68. The van der Waals surface area contributed by atoms with Crippen molar-refractivity contribution < 1.29 is 0 Å². The van der Waals surface area contributed by atoms with E-state index in [1.54, 1.807) is 0 Å². The summed E-state index contributed by atoms with van der Waals surface area (Å²) in [6, 6.07) is 11.3. The zero-order valence-electron chi connectivity index (χ0n) is 12.4. The van der Waals surface area contributed by atoms with Gasteiger partial charge in [-0.2, -0.15) is 11.8 Å². The van der Waals surface area contributed by atoms with Crippen LogP contribution in [0.1, 0.15) is 45.7 Å². The molecule has 1 rings (SSSR count). The topological polar surface area (TPSA) is 12.0 Å². The molecule has 0 aliphatic carbocycles. The predicted molar refractivity (Wildman–Crippen MR) is 84.2 cm³/mol. The highest BCUT2D eigenvalue weighted by atomic mass is 32.2. The van der Waals surface area contributed by atoms with Gasteiger partial charge in [-0.15, -0.1) is 0 Å². The minimum Gasteiger partial charge on any atom is -0.309 e. The van der Waals surface area contributed by atoms with Gasteiger partial charge >= 0.3 is 0 Å². The lowest BCUT2D eigenvalue weighted by atomic mass is 9.96. The first-order valence-electron chi connectivity index (χ1n) is 6.78. The molecule has 1 N–H and O–H groups in total. The van der Waals surface area contributed by atoms with Gasteiger partial charge in [-0.1, -0.05) is 44.2 Å². The molecule has 18 heavy (non-hydrogen) atoms. The van der Waals surface area contributed by atoms with E-state index in [4.69, 9.17) is 0 Å². The largest absolute Gasteiger partial charge is 0.309 e. The first kappa shape index (κ1) is 15.6. The molecule has 1 aromatic carbocycles. The molecule has 1 nitrogen and oxygen atoms in total. The molecule has 2 heteroatoms. The molecule has 0 fully saturated rings. The van der Waals surface area contributed by atoms with Gasteiger partial charge in [0.15, 0.2) is 0 Å². The van der Waals surface area contributed by atoms with E-state index < -0.39 is 0 Å². The van der Waals surface area contributed by atoms with Gasteiger partial charge in [0.1, 0.15) is 0 Å². The number of thioether (sulfide) groups is 1. The van der Waals surface area contributed by atoms with Crippen LogP contribution in [0.15, 0.2) is 30.3 Å². The van der Waals surface area contributed by atoms with Crippen LogP contribution < -0.4 is 5.32 Å². The van der Waals surface area contributed by atoms with E-state index in [9.17, 15) is 0 Å². The zero-order chi connectivity index (χ0) is 13.6. The summed E-state index contributed by atoms with van der Waals surface area (Å²) in [6.45, 7) is 10.2. The molecule has 1 atom stereocenters. The molecule has 0 heterocycles. The molecule has 0 aliphatic rings. The predicted octanol–water partition coefficient (Wildman–Crippen LogP) is 4.51. The van der Waals surface area contributed by atoms with Crippen LogP contribution in [0.4, 0.5) is 0 Å². The maximum atomic E-state index is 3.74. The molecule has 0 saturated carbocycles. The maximum Gasteiger partial charge on any atom is 0.0323 e. The molecular weight excluding hydrogens is 238 g/mol. The summed E-state index contributed by atoms with van der Waals surface area (Å²) >= 11 is 1.92. The Morgan fingerprint density at radius 2 is 1.78 bits per heavy atom. The molecule has 0 radical (unpaired) electrons. The second-order valence-electron chi connectivity index (χ2n) is 5.94. The van der Waals surface area contributed by atoms with Crippen molar-refractivity contribution in [3.63, 3.8) is 0 Å². The fourth-order valence-corrected chi connectivity index (χ4v) is 2.16. The number of hydrogen-bond donors (Lipinski definition) is 1. The lowest BCUT2D eigenvalue weighted by Crippen LogP contribution is -2.35. The highest BCUT2D eigenvalue weighted by molar-refractivity contribution is 7.99. The Morgan fingerprint density at radius 3 is 2.28 bits per heavy atom. The van der Waals surface area contributed by atoms with E-state index in [1.807, 2.05) is 11.8 Å². The van der Waals surface area contributed by atoms with Crippen molar-refractivity contribution in [2.45, 2.75) is 44.9 Å². The van der Waals surface area contributed by atoms with Gasteiger partial charge in [0.2, 0.25) is 0 Å². The van der Waals surface area contributed by atoms with Crippen LogP contribution in [0.3, 0.4) is 0 Å². The quantitative estimate of drug-likeness (QED) is 0.778. The Bertz CT molecular complexity index is 332. The second-order valence-corrected chi connectivity index (χ2v) is 7.45. The van der Waals surface area contributed by atoms with E-state index in [0.717, 1.165) is 6.54 Å². The molecule has 0 saturated heterocycles. The Labute approximate surface area is 117 Å². The van der Waals surface area contributed by atoms with Gasteiger partial charge in [-0.25, -0.2) is 0 Å². The second kappa shape index (κ2) is 7.20. The van der Waals surface area contributed by atoms with Gasteiger partial charge in [-0.05, 0) is 38.0 Å². The normalized spacial score (nSPS) is 13.9. The highest BCUT2D eigenvalue weighted by Crippen LogP contribution is 2.25. The Morgan fingerprint density at radius 1 is 1.17 bits per heavy atom. The van der Waals surface area contributed by atoms with Crippen molar-refractivity contribution in [3.05, 3.63) is 35.9 Å². The van der Waals surface area contributed by atoms with Gasteiger partial charge in [-0.3, -0.25) is 0 Å². The van der Waals surface area contributed by atoms with Crippen LogP contribution in [-0.4, -0.2) is 17.5 Å². The smallest absolute Gasteiger partial charge is 0.0323 e. The van der Waals surface area contributed by atoms with Crippen molar-refractivity contribution in [2.75, 3.05) is 12.8 Å². The average molecular weight is 265 g/mol. The van der Waals surface area contributed by atoms with E-state index >= 15 is 0 Å². The van der Waals surface area contributed by atoms with Gasteiger partial charge < -0.3 is 5.32 Å². The lowest BCUT2D eigenvalue weighted by Gasteiger charge is -2.28. The lowest BCUT2D eigenvalue weighted by molar-refractivity contribution is 0.415. The fraction of sp³-hybridized carbons (Fsp3) is 0.625. The van der Waals surface area contributed by atoms with Crippen molar-refractivity contribution >= 4 is 11.8 Å². The van der Waals surface area contributed by atoms with Crippen LogP contribution in [0.25, 0.3) is 0 Å². The number of benzene rings is 1. The van der Waals surface area contributed by atoms with Gasteiger partial charge in [0, 0.05) is 17.3 Å². The van der Waals surface area contributed by atoms with Gasteiger partial charge in [0.05, 0.1) is 0 Å². The van der Waals surface area contributed by atoms with Crippen molar-refractivity contribution in [1.29, 1.82) is 0 Å². The standard InChI is InChI=1S/C16H27NS/c1-13(2)11-15(14-9-7-6-8-10-14)17-12-16(3,4)18-5/h6-10,13,15,17H,11-12H2,1-5H3. The molecule has 0 aliphatic heterocycles. The first-order valence-corrected chi connectivity index (χ1v) is 8.00. The van der Waals surface area contributed by atoms with E-state index in [1.165, 1.54) is 12.0 Å². The number of hydrogen-bond acceptors (Lipinski definition) is 2. The maximum absolute atomic E-state index is 3.74. The van der Waals surface area contributed by atoms with Crippen molar-refractivity contribution in [2.24, 2.45) is 5.92 Å². The van der Waals surface area contributed by atoms with E-state index in [2.05, 4.69) is 69.6 Å². The molecule has 0 amide bonds. The van der Waals surface area contributed by atoms with Crippen molar-refractivity contribution in [3.8, 4) is 0 Å². The molecule has 1 unspecified atom stereocenters. The Hall–Kier alpha value is -0.470. The Kier molecular flexibility index (Phi) is 6.24. The van der Waals surface area contributed by atoms with Gasteiger partial charge in [0.25, 0.3) is 0 Å². The molecule has 0 spiro atoms. The third kappa shape index (κ3) is 5.45. The monoisotopic (exact) mass is 265 g/mol. The summed E-state index contributed by atoms with van der Waals surface area (Å²) in [4.78, 5) is 0. The first-order chi connectivity index (χ1) is 8.44. The molecule has 0 aromatic heterocycles. The third-order valence-electron chi connectivity index (χ3n) is 3.24. The van der Waals surface area contributed by atoms with Crippen LogP contribution in [0.2, 0.25) is 0 Å². The summed E-state index contributed by atoms with van der Waals surface area (Å²) in [7, 11) is 0. The molecular formula is C16H27NS. The summed E-state index contributed by atoms with van der Waals surface area (Å²) in [6.07, 6.45) is 3.37. The zero-order valence-corrected chi connectivity index (χ0v) is 13.2. The number of rotatable bonds is 7. The van der Waals surface area contributed by atoms with Crippen molar-refractivity contribution in [1.82, 2.24) is 5.32 Å². The summed E-state index contributed by atoms with van der Waals surface area (Å²) in [5, 5.41) is 3.74. The van der Waals surface area contributed by atoms with Crippen LogP contribution in [0.5, 0.6) is 0 Å². The minimum absolute atomic E-state index is 0.296. The SMILES string of the molecule is CSC(C)(C)CNC(CC(C)C)c1ccccc1. The third-order valence-corrected chi connectivity index (χ3v) is 4.49. The molecule has 0 bridgehead atoms. The number of nitrogens with one attached hydrogen (secondary N) is 1. The highest BCUT2D eigenvalue weighted by Gasteiger charge is 2.19. The van der Waals surface area contributed by atoms with E-state index in [0.29, 0.717) is 16.7 Å². The molecule has 102 valence electrons. The fourth-order valence-electron chi connectivity index (χ4n) is 1.94. The van der Waals surface area contributed by atoms with Crippen LogP contribution in [0, 0.1) is 5.92 Å². The molecule has 1 aromatic rings. The van der Waals surface area contributed by atoms with Crippen LogP contribution in [-0.2, 0) is 0 Å². The summed E-state index contributed by atoms with van der Waals surface area (Å²) in [5.41, 5.74) is 1.41. The van der Waals surface area contributed by atoms with Crippen LogP contribution >= 0.6 is 11.8 Å².